The third kappa shape index (κ3) is 7.43. The Morgan fingerprint density at radius 3 is 2.62 bits per heavy atom. The SMILES string of the molecule is CCCCCC(C)/N=N\C(N)=N/C. The van der Waals surface area contributed by atoms with E-state index in [-0.39, 0.29) is 12.0 Å². The lowest BCUT2D eigenvalue weighted by molar-refractivity contribution is 0.578. The van der Waals surface area contributed by atoms with E-state index in [2.05, 4.69) is 22.1 Å². The summed E-state index contributed by atoms with van der Waals surface area (Å²) in [4.78, 5) is 3.69. The number of hydrogen-bond acceptors (Lipinski definition) is 2. The number of hydrogen-bond donors (Lipinski definition) is 1. The molecule has 13 heavy (non-hydrogen) atoms. The van der Waals surface area contributed by atoms with E-state index in [1.165, 1.54) is 19.3 Å². The normalized spacial score (nSPS) is 15.2. The van der Waals surface area contributed by atoms with Gasteiger partial charge >= 0.3 is 0 Å². The Balaban J connectivity index is 3.61. The van der Waals surface area contributed by atoms with Gasteiger partial charge in [-0.2, -0.15) is 5.11 Å². The first-order valence-corrected chi connectivity index (χ1v) is 4.83. The van der Waals surface area contributed by atoms with Gasteiger partial charge in [-0.3, -0.25) is 4.99 Å². The summed E-state index contributed by atoms with van der Waals surface area (Å²) in [5, 5.41) is 7.81. The first-order chi connectivity index (χ1) is 6.20. The van der Waals surface area contributed by atoms with E-state index in [0.717, 1.165) is 6.42 Å². The van der Waals surface area contributed by atoms with Gasteiger partial charge in [0.15, 0.2) is 0 Å². The molecule has 2 N–H and O–H groups in total. The van der Waals surface area contributed by atoms with Gasteiger partial charge < -0.3 is 5.73 Å². The summed E-state index contributed by atoms with van der Waals surface area (Å²) in [5.41, 5.74) is 5.37. The number of azo groups is 1. The van der Waals surface area contributed by atoms with Crippen molar-refractivity contribution >= 4 is 5.96 Å². The second-order valence-corrected chi connectivity index (χ2v) is 3.14. The van der Waals surface area contributed by atoms with E-state index < -0.39 is 0 Å². The predicted molar refractivity (Wildman–Crippen MR) is 56.0 cm³/mol. The van der Waals surface area contributed by atoms with Gasteiger partial charge in [0, 0.05) is 7.05 Å². The quantitative estimate of drug-likeness (QED) is 0.303. The first-order valence-electron chi connectivity index (χ1n) is 4.83. The highest BCUT2D eigenvalue weighted by Crippen LogP contribution is 2.05. The molecule has 4 heteroatoms. The molecule has 0 amide bonds. The van der Waals surface area contributed by atoms with Gasteiger partial charge in [0.25, 0.3) is 0 Å². The summed E-state index contributed by atoms with van der Waals surface area (Å²) in [6.45, 7) is 4.23. The zero-order chi connectivity index (χ0) is 10.1. The molecule has 0 heterocycles. The molecule has 76 valence electrons. The third-order valence-corrected chi connectivity index (χ3v) is 1.81. The summed E-state index contributed by atoms with van der Waals surface area (Å²) in [7, 11) is 1.61. The maximum absolute atomic E-state index is 5.37. The van der Waals surface area contributed by atoms with Crippen molar-refractivity contribution in [1.82, 2.24) is 0 Å². The van der Waals surface area contributed by atoms with Crippen LogP contribution in [0.2, 0.25) is 0 Å². The second-order valence-electron chi connectivity index (χ2n) is 3.14. The lowest BCUT2D eigenvalue weighted by Gasteiger charge is -2.02. The molecule has 0 spiro atoms. The van der Waals surface area contributed by atoms with Crippen molar-refractivity contribution in [3.05, 3.63) is 0 Å². The minimum atomic E-state index is 0.252. The molecule has 0 fully saturated rings. The van der Waals surface area contributed by atoms with Gasteiger partial charge in [-0.25, -0.2) is 0 Å². The van der Waals surface area contributed by atoms with Crippen molar-refractivity contribution in [1.29, 1.82) is 0 Å². The second kappa shape index (κ2) is 7.71. The van der Waals surface area contributed by atoms with Crippen LogP contribution in [-0.2, 0) is 0 Å². The average molecular weight is 184 g/mol. The van der Waals surface area contributed by atoms with Crippen LogP contribution in [0.25, 0.3) is 0 Å². The molecule has 1 unspecified atom stereocenters. The van der Waals surface area contributed by atoms with Crippen LogP contribution >= 0.6 is 0 Å². The molecular formula is C9H20N4. The molecule has 0 aliphatic rings. The smallest absolute Gasteiger partial charge is 0.234 e. The molecule has 0 bridgehead atoms. The van der Waals surface area contributed by atoms with Crippen molar-refractivity contribution in [3.63, 3.8) is 0 Å². The molecular weight excluding hydrogens is 164 g/mol. The summed E-state index contributed by atoms with van der Waals surface area (Å²) in [5.74, 6) is 0.252. The summed E-state index contributed by atoms with van der Waals surface area (Å²) < 4.78 is 0. The van der Waals surface area contributed by atoms with Crippen LogP contribution in [-0.4, -0.2) is 19.0 Å². The lowest BCUT2D eigenvalue weighted by Crippen LogP contribution is -2.08. The Hall–Kier alpha value is -0.930. The highest BCUT2D eigenvalue weighted by molar-refractivity contribution is 5.77. The Bertz CT molecular complexity index is 174. The summed E-state index contributed by atoms with van der Waals surface area (Å²) in [6, 6.07) is 0.256. The fraction of sp³-hybridized carbons (Fsp3) is 0.889. The number of aliphatic imine (C=N–C) groups is 1. The zero-order valence-electron chi connectivity index (χ0n) is 8.82. The molecule has 0 aromatic rings. The highest BCUT2D eigenvalue weighted by Gasteiger charge is 1.98. The van der Waals surface area contributed by atoms with Crippen LogP contribution in [0.1, 0.15) is 39.5 Å². The van der Waals surface area contributed by atoms with Crippen LogP contribution in [0.15, 0.2) is 15.2 Å². The van der Waals surface area contributed by atoms with Crippen molar-refractivity contribution in [2.45, 2.75) is 45.6 Å². The van der Waals surface area contributed by atoms with E-state index >= 15 is 0 Å². The molecule has 0 aliphatic carbocycles. The maximum atomic E-state index is 5.37. The summed E-state index contributed by atoms with van der Waals surface area (Å²) in [6.07, 6.45) is 4.79. The average Bonchev–Trinajstić information content (AvgIpc) is 2.14. The van der Waals surface area contributed by atoms with Crippen LogP contribution < -0.4 is 5.73 Å². The molecule has 0 radical (unpaired) electrons. The number of rotatable bonds is 5. The van der Waals surface area contributed by atoms with E-state index in [9.17, 15) is 0 Å². The molecule has 0 saturated carbocycles. The molecule has 4 nitrogen and oxygen atoms in total. The minimum Gasteiger partial charge on any atom is -0.367 e. The van der Waals surface area contributed by atoms with Crippen LogP contribution in [0.3, 0.4) is 0 Å². The number of nitrogens with two attached hydrogens (primary N) is 1. The van der Waals surface area contributed by atoms with Crippen molar-refractivity contribution in [2.75, 3.05) is 7.05 Å². The molecule has 0 aliphatic heterocycles. The van der Waals surface area contributed by atoms with E-state index in [1.54, 1.807) is 7.05 Å². The van der Waals surface area contributed by atoms with Gasteiger partial charge in [0.05, 0.1) is 6.04 Å². The number of nitrogens with zero attached hydrogens (tertiary/aromatic N) is 3. The number of guanidine groups is 1. The molecule has 0 aromatic heterocycles. The van der Waals surface area contributed by atoms with Gasteiger partial charge in [-0.05, 0) is 13.3 Å². The van der Waals surface area contributed by atoms with E-state index in [4.69, 9.17) is 5.73 Å². The van der Waals surface area contributed by atoms with Crippen molar-refractivity contribution in [2.24, 2.45) is 21.0 Å². The Kier molecular flexibility index (Phi) is 7.15. The standard InChI is InChI=1S/C9H20N4/c1-4-5-6-7-8(2)12-13-9(10)11-3/h8H,4-7H2,1-3H3,(H2,10,11)/b13-12-. The van der Waals surface area contributed by atoms with Gasteiger partial charge in [0.2, 0.25) is 5.96 Å². The van der Waals surface area contributed by atoms with Crippen LogP contribution in [0.5, 0.6) is 0 Å². The molecule has 0 aromatic carbocycles. The molecule has 0 saturated heterocycles. The number of unbranched alkanes of at least 4 members (excludes halogenated alkanes) is 2. The zero-order valence-corrected chi connectivity index (χ0v) is 8.82. The highest BCUT2D eigenvalue weighted by atomic mass is 15.2. The van der Waals surface area contributed by atoms with Gasteiger partial charge in [-0.1, -0.05) is 26.2 Å². The van der Waals surface area contributed by atoms with Crippen LogP contribution in [0.4, 0.5) is 0 Å². The topological polar surface area (TPSA) is 63.1 Å². The van der Waals surface area contributed by atoms with E-state index in [0.29, 0.717) is 0 Å². The lowest BCUT2D eigenvalue weighted by atomic mass is 10.1. The van der Waals surface area contributed by atoms with Crippen molar-refractivity contribution < 1.29 is 0 Å². The fourth-order valence-electron chi connectivity index (χ4n) is 0.950. The molecule has 0 rings (SSSR count). The Labute approximate surface area is 80.3 Å². The van der Waals surface area contributed by atoms with Gasteiger partial charge in [-0.15, -0.1) is 5.11 Å². The minimum absolute atomic E-state index is 0.252. The van der Waals surface area contributed by atoms with Crippen LogP contribution in [0, 0.1) is 0 Å². The first kappa shape index (κ1) is 12.1. The van der Waals surface area contributed by atoms with E-state index in [1.807, 2.05) is 6.92 Å². The van der Waals surface area contributed by atoms with Gasteiger partial charge in [0.1, 0.15) is 0 Å². The fourth-order valence-corrected chi connectivity index (χ4v) is 0.950. The Morgan fingerprint density at radius 2 is 2.08 bits per heavy atom. The predicted octanol–water partition coefficient (Wildman–Crippen LogP) is 2.35. The monoisotopic (exact) mass is 184 g/mol. The maximum Gasteiger partial charge on any atom is 0.234 e. The Morgan fingerprint density at radius 1 is 1.38 bits per heavy atom. The van der Waals surface area contributed by atoms with Crippen molar-refractivity contribution in [3.8, 4) is 0 Å². The molecule has 1 atom stereocenters. The summed E-state index contributed by atoms with van der Waals surface area (Å²) >= 11 is 0. The largest absolute Gasteiger partial charge is 0.367 e. The third-order valence-electron chi connectivity index (χ3n) is 1.81.